The van der Waals surface area contributed by atoms with Crippen LogP contribution in [0.3, 0.4) is 0 Å². The first-order valence-corrected chi connectivity index (χ1v) is 3.14. The summed E-state index contributed by atoms with van der Waals surface area (Å²) in [6.07, 6.45) is 1.43. The maximum absolute atomic E-state index is 10.2. The van der Waals surface area contributed by atoms with E-state index in [0.717, 1.165) is 0 Å². The number of aromatic nitrogens is 4. The summed E-state index contributed by atoms with van der Waals surface area (Å²) < 4.78 is 1.41. The molecule has 0 aliphatic heterocycles. The Morgan fingerprint density at radius 2 is 2.55 bits per heavy atom. The Kier molecular flexibility index (Phi) is 2.15. The predicted octanol–water partition coefficient (Wildman–Crippen LogP) is -0.291. The van der Waals surface area contributed by atoms with Crippen molar-refractivity contribution >= 4 is 5.97 Å². The number of carboxylic acids is 1. The van der Waals surface area contributed by atoms with Crippen LogP contribution in [0.4, 0.5) is 0 Å². The average molecular weight is 156 g/mol. The third-order valence-electron chi connectivity index (χ3n) is 1.29. The SMILES string of the molecule is C[C@@H](CC(=O)O)n1cnnn1. The van der Waals surface area contributed by atoms with E-state index in [1.165, 1.54) is 11.0 Å². The van der Waals surface area contributed by atoms with E-state index in [2.05, 4.69) is 15.5 Å². The van der Waals surface area contributed by atoms with Crippen LogP contribution < -0.4 is 0 Å². The van der Waals surface area contributed by atoms with Crippen LogP contribution in [0.1, 0.15) is 19.4 Å². The second-order valence-electron chi connectivity index (χ2n) is 2.24. The number of tetrazole rings is 1. The molecule has 1 aromatic rings. The molecule has 0 aromatic carbocycles. The minimum atomic E-state index is -0.854. The van der Waals surface area contributed by atoms with Gasteiger partial charge in [0.1, 0.15) is 6.33 Å². The van der Waals surface area contributed by atoms with Crippen molar-refractivity contribution in [2.24, 2.45) is 0 Å². The highest BCUT2D eigenvalue weighted by Crippen LogP contribution is 2.05. The van der Waals surface area contributed by atoms with Crippen LogP contribution >= 0.6 is 0 Å². The third-order valence-corrected chi connectivity index (χ3v) is 1.29. The van der Waals surface area contributed by atoms with Gasteiger partial charge in [0.15, 0.2) is 0 Å². The van der Waals surface area contributed by atoms with Gasteiger partial charge in [0.05, 0.1) is 12.5 Å². The molecule has 0 aliphatic carbocycles. The lowest BCUT2D eigenvalue weighted by Gasteiger charge is -2.05. The molecule has 0 amide bonds. The standard InChI is InChI=1S/C5H8N4O2/c1-4(2-5(10)11)9-3-6-7-8-9/h3-4H,2H2,1H3,(H,10,11)/t4-/m0/s1. The van der Waals surface area contributed by atoms with Crippen molar-refractivity contribution in [3.05, 3.63) is 6.33 Å². The summed E-state index contributed by atoms with van der Waals surface area (Å²) in [4.78, 5) is 10.2. The molecule has 6 nitrogen and oxygen atoms in total. The highest BCUT2D eigenvalue weighted by atomic mass is 16.4. The normalized spacial score (nSPS) is 12.8. The van der Waals surface area contributed by atoms with Crippen LogP contribution in [0.15, 0.2) is 6.33 Å². The number of nitrogens with zero attached hydrogens (tertiary/aromatic N) is 4. The van der Waals surface area contributed by atoms with Crippen molar-refractivity contribution in [1.29, 1.82) is 0 Å². The number of hydrogen-bond acceptors (Lipinski definition) is 4. The maximum atomic E-state index is 10.2. The zero-order valence-corrected chi connectivity index (χ0v) is 6.01. The van der Waals surface area contributed by atoms with E-state index in [-0.39, 0.29) is 12.5 Å². The number of rotatable bonds is 3. The molecule has 0 saturated heterocycles. The molecule has 0 radical (unpaired) electrons. The van der Waals surface area contributed by atoms with Crippen molar-refractivity contribution in [3.8, 4) is 0 Å². The second kappa shape index (κ2) is 3.09. The Morgan fingerprint density at radius 1 is 1.82 bits per heavy atom. The molecule has 0 fully saturated rings. The van der Waals surface area contributed by atoms with E-state index < -0.39 is 5.97 Å². The number of carboxylic acid groups (broad SMARTS) is 1. The lowest BCUT2D eigenvalue weighted by atomic mass is 10.2. The van der Waals surface area contributed by atoms with Gasteiger partial charge in [-0.3, -0.25) is 4.79 Å². The number of aliphatic carboxylic acids is 1. The minimum absolute atomic E-state index is 0.0328. The number of carbonyl (C=O) groups is 1. The molecular formula is C5H8N4O2. The smallest absolute Gasteiger partial charge is 0.305 e. The molecular weight excluding hydrogens is 148 g/mol. The van der Waals surface area contributed by atoms with Gasteiger partial charge in [-0.15, -0.1) is 5.10 Å². The molecule has 0 aliphatic rings. The van der Waals surface area contributed by atoms with Crippen molar-refractivity contribution < 1.29 is 9.90 Å². The van der Waals surface area contributed by atoms with E-state index in [9.17, 15) is 4.79 Å². The Balaban J connectivity index is 2.56. The molecule has 11 heavy (non-hydrogen) atoms. The lowest BCUT2D eigenvalue weighted by Crippen LogP contribution is -2.10. The molecule has 0 unspecified atom stereocenters. The predicted molar refractivity (Wildman–Crippen MR) is 34.8 cm³/mol. The second-order valence-corrected chi connectivity index (χ2v) is 2.24. The van der Waals surface area contributed by atoms with E-state index in [1.807, 2.05) is 0 Å². The molecule has 6 heteroatoms. The first kappa shape index (κ1) is 7.64. The van der Waals surface area contributed by atoms with Crippen LogP contribution in [0.25, 0.3) is 0 Å². The molecule has 0 bridgehead atoms. The average Bonchev–Trinajstić information content (AvgIpc) is 2.35. The minimum Gasteiger partial charge on any atom is -0.481 e. The van der Waals surface area contributed by atoms with Crippen molar-refractivity contribution in [1.82, 2.24) is 20.2 Å². The lowest BCUT2D eigenvalue weighted by molar-refractivity contribution is -0.137. The van der Waals surface area contributed by atoms with Gasteiger partial charge in [-0.1, -0.05) is 0 Å². The quantitative estimate of drug-likeness (QED) is 0.650. The van der Waals surface area contributed by atoms with Gasteiger partial charge >= 0.3 is 5.97 Å². The molecule has 1 heterocycles. The molecule has 0 spiro atoms. The molecule has 60 valence electrons. The highest BCUT2D eigenvalue weighted by Gasteiger charge is 2.09. The molecule has 0 saturated carbocycles. The summed E-state index contributed by atoms with van der Waals surface area (Å²) >= 11 is 0. The Hall–Kier alpha value is -1.46. The summed E-state index contributed by atoms with van der Waals surface area (Å²) in [6, 6.07) is -0.192. The van der Waals surface area contributed by atoms with Crippen LogP contribution in [0.2, 0.25) is 0 Å². The van der Waals surface area contributed by atoms with Gasteiger partial charge in [-0.05, 0) is 17.4 Å². The van der Waals surface area contributed by atoms with Crippen LogP contribution in [0.5, 0.6) is 0 Å². The van der Waals surface area contributed by atoms with Gasteiger partial charge in [0.25, 0.3) is 0 Å². The summed E-state index contributed by atoms with van der Waals surface area (Å²) in [5.41, 5.74) is 0. The van der Waals surface area contributed by atoms with Crippen molar-refractivity contribution in [2.75, 3.05) is 0 Å². The zero-order valence-electron chi connectivity index (χ0n) is 6.01. The van der Waals surface area contributed by atoms with Gasteiger partial charge in [-0.2, -0.15) is 0 Å². The summed E-state index contributed by atoms with van der Waals surface area (Å²) in [6.45, 7) is 1.74. The molecule has 1 aromatic heterocycles. The highest BCUT2D eigenvalue weighted by molar-refractivity contribution is 5.67. The fourth-order valence-electron chi connectivity index (χ4n) is 0.717. The maximum Gasteiger partial charge on any atom is 0.305 e. The van der Waals surface area contributed by atoms with E-state index in [0.29, 0.717) is 0 Å². The zero-order chi connectivity index (χ0) is 8.27. The first-order valence-electron chi connectivity index (χ1n) is 3.14. The molecule has 1 rings (SSSR count). The van der Waals surface area contributed by atoms with Gasteiger partial charge < -0.3 is 5.11 Å². The van der Waals surface area contributed by atoms with Gasteiger partial charge in [-0.25, -0.2) is 4.68 Å². The van der Waals surface area contributed by atoms with E-state index >= 15 is 0 Å². The van der Waals surface area contributed by atoms with Crippen molar-refractivity contribution in [3.63, 3.8) is 0 Å². The monoisotopic (exact) mass is 156 g/mol. The Morgan fingerprint density at radius 3 is 3.00 bits per heavy atom. The van der Waals surface area contributed by atoms with Crippen molar-refractivity contribution in [2.45, 2.75) is 19.4 Å². The van der Waals surface area contributed by atoms with Gasteiger partial charge in [0, 0.05) is 0 Å². The summed E-state index contributed by atoms with van der Waals surface area (Å²) in [5, 5.41) is 18.7. The summed E-state index contributed by atoms with van der Waals surface area (Å²) in [7, 11) is 0. The topological polar surface area (TPSA) is 80.9 Å². The fourth-order valence-corrected chi connectivity index (χ4v) is 0.717. The number of hydrogen-bond donors (Lipinski definition) is 1. The van der Waals surface area contributed by atoms with E-state index in [1.54, 1.807) is 6.92 Å². The van der Waals surface area contributed by atoms with Crippen LogP contribution in [-0.4, -0.2) is 31.3 Å². The fraction of sp³-hybridized carbons (Fsp3) is 0.600. The molecule has 1 atom stereocenters. The van der Waals surface area contributed by atoms with Crippen LogP contribution in [-0.2, 0) is 4.79 Å². The molecule has 1 N–H and O–H groups in total. The first-order chi connectivity index (χ1) is 5.20. The summed E-state index contributed by atoms with van der Waals surface area (Å²) in [5.74, 6) is -0.854. The largest absolute Gasteiger partial charge is 0.481 e. The van der Waals surface area contributed by atoms with Crippen LogP contribution in [0, 0.1) is 0 Å². The van der Waals surface area contributed by atoms with Gasteiger partial charge in [0.2, 0.25) is 0 Å². The van der Waals surface area contributed by atoms with E-state index in [4.69, 9.17) is 5.11 Å². The third kappa shape index (κ3) is 1.99. The Bertz CT molecular complexity index is 233. The Labute approximate surface area is 62.8 Å².